The highest BCUT2D eigenvalue weighted by molar-refractivity contribution is 7.89. The number of nitrogens with zero attached hydrogens (tertiary/aromatic N) is 2. The lowest BCUT2D eigenvalue weighted by Gasteiger charge is -2.36. The maximum atomic E-state index is 12.9. The first-order chi connectivity index (χ1) is 13.4. The van der Waals surface area contributed by atoms with Crippen molar-refractivity contribution in [2.45, 2.75) is 11.8 Å². The highest BCUT2D eigenvalue weighted by atomic mass is 32.2. The van der Waals surface area contributed by atoms with E-state index in [-0.39, 0.29) is 17.3 Å². The van der Waals surface area contributed by atoms with Crippen LogP contribution in [-0.2, 0) is 10.0 Å². The third kappa shape index (κ3) is 4.61. The van der Waals surface area contributed by atoms with E-state index in [1.54, 1.807) is 17.0 Å². The quantitative estimate of drug-likeness (QED) is 0.758. The summed E-state index contributed by atoms with van der Waals surface area (Å²) in [5.74, 6) is -0.148. The topological polar surface area (TPSA) is 69.7 Å². The van der Waals surface area contributed by atoms with Gasteiger partial charge in [0, 0.05) is 44.0 Å². The van der Waals surface area contributed by atoms with E-state index in [0.29, 0.717) is 18.7 Å². The SMILES string of the molecule is C=CCNS(=O)(=O)c1cccc(C(=O)N2CCN(c3cccc(C)c3)CC2)c1. The lowest BCUT2D eigenvalue weighted by molar-refractivity contribution is 0.0746. The second kappa shape index (κ2) is 8.58. The fourth-order valence-corrected chi connectivity index (χ4v) is 4.27. The van der Waals surface area contributed by atoms with Gasteiger partial charge in [-0.25, -0.2) is 13.1 Å². The molecule has 1 aliphatic heterocycles. The molecule has 28 heavy (non-hydrogen) atoms. The summed E-state index contributed by atoms with van der Waals surface area (Å²) < 4.78 is 27.0. The van der Waals surface area contributed by atoms with Gasteiger partial charge in [0.05, 0.1) is 4.90 Å². The first-order valence-corrected chi connectivity index (χ1v) is 10.7. The zero-order valence-electron chi connectivity index (χ0n) is 16.0. The molecule has 0 aliphatic carbocycles. The molecule has 0 atom stereocenters. The van der Waals surface area contributed by atoms with Crippen molar-refractivity contribution < 1.29 is 13.2 Å². The number of nitrogens with one attached hydrogen (secondary N) is 1. The van der Waals surface area contributed by atoms with Crippen LogP contribution in [0.1, 0.15) is 15.9 Å². The Morgan fingerprint density at radius 3 is 2.50 bits per heavy atom. The Kier molecular flexibility index (Phi) is 6.16. The highest BCUT2D eigenvalue weighted by Crippen LogP contribution is 2.19. The van der Waals surface area contributed by atoms with Gasteiger partial charge in [0.2, 0.25) is 10.0 Å². The number of anilines is 1. The van der Waals surface area contributed by atoms with E-state index in [2.05, 4.69) is 41.3 Å². The summed E-state index contributed by atoms with van der Waals surface area (Å²) in [6.07, 6.45) is 1.47. The summed E-state index contributed by atoms with van der Waals surface area (Å²) in [5.41, 5.74) is 2.75. The minimum atomic E-state index is -3.66. The Bertz CT molecular complexity index is 964. The van der Waals surface area contributed by atoms with Crippen molar-refractivity contribution in [3.05, 3.63) is 72.3 Å². The molecule has 2 aromatic rings. The summed E-state index contributed by atoms with van der Waals surface area (Å²) in [5, 5.41) is 0. The lowest BCUT2D eigenvalue weighted by Crippen LogP contribution is -2.48. The molecule has 0 aromatic heterocycles. The summed E-state index contributed by atoms with van der Waals surface area (Å²) in [6.45, 7) is 8.39. The van der Waals surface area contributed by atoms with Gasteiger partial charge in [0.15, 0.2) is 0 Å². The van der Waals surface area contributed by atoms with Gasteiger partial charge in [-0.3, -0.25) is 4.79 Å². The summed E-state index contributed by atoms with van der Waals surface area (Å²) in [6, 6.07) is 14.5. The molecule has 1 saturated heterocycles. The number of amides is 1. The monoisotopic (exact) mass is 399 g/mol. The molecule has 0 spiro atoms. The van der Waals surface area contributed by atoms with Crippen LogP contribution in [0.2, 0.25) is 0 Å². The number of carbonyl (C=O) groups is 1. The molecule has 0 saturated carbocycles. The van der Waals surface area contributed by atoms with Gasteiger partial charge in [0.25, 0.3) is 5.91 Å². The molecule has 6 nitrogen and oxygen atoms in total. The van der Waals surface area contributed by atoms with Crippen molar-refractivity contribution in [1.29, 1.82) is 0 Å². The summed E-state index contributed by atoms with van der Waals surface area (Å²) in [7, 11) is -3.66. The molecular formula is C21H25N3O3S. The van der Waals surface area contributed by atoms with Gasteiger partial charge in [-0.1, -0.05) is 24.3 Å². The fraction of sp³-hybridized carbons (Fsp3) is 0.286. The average Bonchev–Trinajstić information content (AvgIpc) is 2.72. The molecule has 148 valence electrons. The van der Waals surface area contributed by atoms with Crippen molar-refractivity contribution in [3.63, 3.8) is 0 Å². The number of piperazine rings is 1. The van der Waals surface area contributed by atoms with Crippen molar-refractivity contribution in [2.75, 3.05) is 37.6 Å². The third-order valence-electron chi connectivity index (χ3n) is 4.74. The standard InChI is InChI=1S/C21H25N3O3S/c1-3-10-22-28(26,27)20-9-5-7-18(16-20)21(25)24-13-11-23(12-14-24)19-8-4-6-17(2)15-19/h3-9,15-16,22H,1,10-14H2,2H3. The van der Waals surface area contributed by atoms with E-state index >= 15 is 0 Å². The Balaban J connectivity index is 1.68. The molecule has 0 unspecified atom stereocenters. The third-order valence-corrected chi connectivity index (χ3v) is 6.16. The maximum absolute atomic E-state index is 12.9. The van der Waals surface area contributed by atoms with E-state index in [0.717, 1.165) is 18.8 Å². The second-order valence-corrected chi connectivity index (χ2v) is 8.55. The molecule has 0 radical (unpaired) electrons. The van der Waals surface area contributed by atoms with Crippen LogP contribution in [0.15, 0.2) is 66.1 Å². The number of hydrogen-bond donors (Lipinski definition) is 1. The van der Waals surface area contributed by atoms with Crippen molar-refractivity contribution >= 4 is 21.6 Å². The minimum Gasteiger partial charge on any atom is -0.368 e. The number of rotatable bonds is 6. The second-order valence-electron chi connectivity index (χ2n) is 6.79. The molecule has 0 bridgehead atoms. The predicted octanol–water partition coefficient (Wildman–Crippen LogP) is 2.42. The maximum Gasteiger partial charge on any atom is 0.254 e. The summed E-state index contributed by atoms with van der Waals surface area (Å²) >= 11 is 0. The molecule has 1 amide bonds. The van der Waals surface area contributed by atoms with Gasteiger partial charge in [-0.05, 0) is 42.8 Å². The van der Waals surface area contributed by atoms with Crippen LogP contribution < -0.4 is 9.62 Å². The molecule has 3 rings (SSSR count). The normalized spacial score (nSPS) is 14.8. The van der Waals surface area contributed by atoms with Crippen molar-refractivity contribution in [1.82, 2.24) is 9.62 Å². The number of hydrogen-bond acceptors (Lipinski definition) is 4. The van der Waals surface area contributed by atoms with Gasteiger partial charge in [-0.15, -0.1) is 6.58 Å². The number of benzene rings is 2. The number of sulfonamides is 1. The molecule has 1 heterocycles. The van der Waals surface area contributed by atoms with Gasteiger partial charge < -0.3 is 9.80 Å². The summed E-state index contributed by atoms with van der Waals surface area (Å²) in [4.78, 5) is 17.0. The van der Waals surface area contributed by atoms with Crippen LogP contribution in [0.25, 0.3) is 0 Å². The fourth-order valence-electron chi connectivity index (χ4n) is 3.22. The first-order valence-electron chi connectivity index (χ1n) is 9.22. The van der Waals surface area contributed by atoms with E-state index in [4.69, 9.17) is 0 Å². The molecular weight excluding hydrogens is 374 g/mol. The van der Waals surface area contributed by atoms with E-state index in [1.807, 2.05) is 6.07 Å². The molecule has 1 fully saturated rings. The number of aryl methyl sites for hydroxylation is 1. The molecule has 1 N–H and O–H groups in total. The lowest BCUT2D eigenvalue weighted by atomic mass is 10.1. The van der Waals surface area contributed by atoms with Crippen LogP contribution in [0.3, 0.4) is 0 Å². The van der Waals surface area contributed by atoms with Crippen molar-refractivity contribution in [2.24, 2.45) is 0 Å². The predicted molar refractivity (Wildman–Crippen MR) is 111 cm³/mol. The smallest absolute Gasteiger partial charge is 0.254 e. The van der Waals surface area contributed by atoms with Gasteiger partial charge in [-0.2, -0.15) is 0 Å². The zero-order chi connectivity index (χ0) is 20.1. The van der Waals surface area contributed by atoms with E-state index in [1.165, 1.54) is 23.8 Å². The van der Waals surface area contributed by atoms with Gasteiger partial charge in [0.1, 0.15) is 0 Å². The molecule has 2 aromatic carbocycles. The Labute approximate surface area is 166 Å². The van der Waals surface area contributed by atoms with E-state index < -0.39 is 10.0 Å². The van der Waals surface area contributed by atoms with Crippen LogP contribution >= 0.6 is 0 Å². The molecule has 1 aliphatic rings. The molecule has 7 heteroatoms. The highest BCUT2D eigenvalue weighted by Gasteiger charge is 2.23. The Morgan fingerprint density at radius 2 is 1.82 bits per heavy atom. The van der Waals surface area contributed by atoms with E-state index in [9.17, 15) is 13.2 Å². The van der Waals surface area contributed by atoms with Crippen LogP contribution in [-0.4, -0.2) is 51.9 Å². The number of carbonyl (C=O) groups excluding carboxylic acids is 1. The first kappa shape index (κ1) is 20.1. The van der Waals surface area contributed by atoms with Crippen LogP contribution in [0.4, 0.5) is 5.69 Å². The zero-order valence-corrected chi connectivity index (χ0v) is 16.8. The van der Waals surface area contributed by atoms with Crippen molar-refractivity contribution in [3.8, 4) is 0 Å². The van der Waals surface area contributed by atoms with Crippen LogP contribution in [0, 0.1) is 6.92 Å². The Hall–Kier alpha value is -2.64. The largest absolute Gasteiger partial charge is 0.368 e. The van der Waals surface area contributed by atoms with Crippen LogP contribution in [0.5, 0.6) is 0 Å². The Morgan fingerprint density at radius 1 is 1.11 bits per heavy atom. The average molecular weight is 400 g/mol. The minimum absolute atomic E-state index is 0.0820. The van der Waals surface area contributed by atoms with Gasteiger partial charge >= 0.3 is 0 Å².